The fourth-order valence-electron chi connectivity index (χ4n) is 1.97. The molecule has 1 heteroatoms. The van der Waals surface area contributed by atoms with Gasteiger partial charge in [0.25, 0.3) is 0 Å². The second-order valence-electron chi connectivity index (χ2n) is 6.75. The van der Waals surface area contributed by atoms with Crippen molar-refractivity contribution in [2.45, 2.75) is 59.3 Å². The van der Waals surface area contributed by atoms with Crippen LogP contribution >= 0.6 is 0 Å². The van der Waals surface area contributed by atoms with Crippen molar-refractivity contribution in [3.8, 4) is 0 Å². The predicted octanol–water partition coefficient (Wildman–Crippen LogP) is 4.17. The lowest BCUT2D eigenvalue weighted by Crippen LogP contribution is -2.22. The molecule has 0 spiro atoms. The van der Waals surface area contributed by atoms with Crippen molar-refractivity contribution in [3.05, 3.63) is 28.8 Å². The van der Waals surface area contributed by atoms with Gasteiger partial charge in [-0.1, -0.05) is 47.6 Å². The van der Waals surface area contributed by atoms with E-state index in [1.54, 1.807) is 0 Å². The van der Waals surface area contributed by atoms with Crippen LogP contribution in [0.5, 0.6) is 0 Å². The minimum atomic E-state index is 0.143. The number of benzene rings is 1. The van der Waals surface area contributed by atoms with Gasteiger partial charge >= 0.3 is 0 Å². The molecule has 1 rings (SSSR count). The fourth-order valence-corrected chi connectivity index (χ4v) is 1.97. The van der Waals surface area contributed by atoms with Gasteiger partial charge in [-0.25, -0.2) is 0 Å². The van der Waals surface area contributed by atoms with Gasteiger partial charge in [-0.15, -0.1) is 0 Å². The molecular weight excluding hydrogens is 194 g/mol. The maximum Gasteiger partial charge on any atom is 0.0346 e. The molecule has 90 valence electrons. The van der Waals surface area contributed by atoms with Gasteiger partial charge in [0.2, 0.25) is 0 Å². The normalized spacial score (nSPS) is 12.9. The highest BCUT2D eigenvalue weighted by Gasteiger charge is 2.25. The molecule has 0 saturated carbocycles. The first-order chi connectivity index (χ1) is 7.03. The molecule has 1 nitrogen and oxygen atoms in total. The van der Waals surface area contributed by atoms with Crippen LogP contribution in [-0.2, 0) is 10.8 Å². The van der Waals surface area contributed by atoms with E-state index < -0.39 is 0 Å². The van der Waals surface area contributed by atoms with Gasteiger partial charge in [-0.3, -0.25) is 0 Å². The zero-order chi connectivity index (χ0) is 12.7. The Balaban J connectivity index is 3.53. The standard InChI is InChI=1S/C15H25N/c1-10-8-11(14(2,3)4)12(9-13(10)16)15(5,6)7/h8-9H,16H2,1-7H3. The zero-order valence-corrected chi connectivity index (χ0v) is 11.7. The number of anilines is 1. The molecule has 0 aliphatic carbocycles. The van der Waals surface area contributed by atoms with Crippen molar-refractivity contribution < 1.29 is 0 Å². The highest BCUT2D eigenvalue weighted by Crippen LogP contribution is 2.36. The molecule has 0 atom stereocenters. The van der Waals surface area contributed by atoms with Crippen molar-refractivity contribution >= 4 is 5.69 Å². The number of hydrogen-bond donors (Lipinski definition) is 1. The van der Waals surface area contributed by atoms with E-state index in [0.29, 0.717) is 0 Å². The van der Waals surface area contributed by atoms with E-state index in [0.717, 1.165) is 5.69 Å². The van der Waals surface area contributed by atoms with E-state index in [4.69, 9.17) is 5.73 Å². The Morgan fingerprint density at radius 3 is 1.56 bits per heavy atom. The van der Waals surface area contributed by atoms with Gasteiger partial charge in [0.1, 0.15) is 0 Å². The molecule has 1 aromatic rings. The number of nitrogen functional groups attached to an aromatic ring is 1. The van der Waals surface area contributed by atoms with Crippen LogP contribution in [0, 0.1) is 6.92 Å². The van der Waals surface area contributed by atoms with Crippen LogP contribution < -0.4 is 5.73 Å². The number of aryl methyl sites for hydroxylation is 1. The summed E-state index contributed by atoms with van der Waals surface area (Å²) < 4.78 is 0. The van der Waals surface area contributed by atoms with E-state index >= 15 is 0 Å². The van der Waals surface area contributed by atoms with Gasteiger partial charge in [0, 0.05) is 5.69 Å². The van der Waals surface area contributed by atoms with E-state index in [9.17, 15) is 0 Å². The van der Waals surface area contributed by atoms with E-state index in [-0.39, 0.29) is 10.8 Å². The lowest BCUT2D eigenvalue weighted by atomic mass is 9.74. The minimum absolute atomic E-state index is 0.143. The van der Waals surface area contributed by atoms with E-state index in [1.807, 2.05) is 0 Å². The largest absolute Gasteiger partial charge is 0.399 e. The van der Waals surface area contributed by atoms with Crippen LogP contribution in [0.2, 0.25) is 0 Å². The quantitative estimate of drug-likeness (QED) is 0.651. The summed E-state index contributed by atoms with van der Waals surface area (Å²) in [5, 5.41) is 0. The Bertz CT molecular complexity index is 350. The van der Waals surface area contributed by atoms with Crippen molar-refractivity contribution in [3.63, 3.8) is 0 Å². The van der Waals surface area contributed by atoms with Gasteiger partial charge in [0.15, 0.2) is 0 Å². The summed E-state index contributed by atoms with van der Waals surface area (Å²) in [4.78, 5) is 0. The summed E-state index contributed by atoms with van der Waals surface area (Å²) in [6, 6.07) is 4.39. The molecule has 0 bridgehead atoms. The molecule has 0 heterocycles. The lowest BCUT2D eigenvalue weighted by Gasteiger charge is -2.31. The SMILES string of the molecule is Cc1cc(C(C)(C)C)c(C(C)(C)C)cc1N. The summed E-state index contributed by atoms with van der Waals surface area (Å²) in [5.74, 6) is 0. The van der Waals surface area contributed by atoms with Gasteiger partial charge in [0.05, 0.1) is 0 Å². The molecule has 1 aromatic carbocycles. The minimum Gasteiger partial charge on any atom is -0.399 e. The third-order valence-electron chi connectivity index (χ3n) is 3.02. The predicted molar refractivity (Wildman–Crippen MR) is 73.0 cm³/mol. The Labute approximate surface area is 100 Å². The van der Waals surface area contributed by atoms with Gasteiger partial charge in [-0.2, -0.15) is 0 Å². The summed E-state index contributed by atoms with van der Waals surface area (Å²) in [6.07, 6.45) is 0. The molecule has 16 heavy (non-hydrogen) atoms. The molecular formula is C15H25N. The fraction of sp³-hybridized carbons (Fsp3) is 0.600. The second-order valence-corrected chi connectivity index (χ2v) is 6.75. The molecule has 0 aromatic heterocycles. The molecule has 0 radical (unpaired) electrons. The van der Waals surface area contributed by atoms with Crippen LogP contribution in [0.4, 0.5) is 5.69 Å². The molecule has 0 unspecified atom stereocenters. The average molecular weight is 219 g/mol. The Kier molecular flexibility index (Phi) is 3.11. The Morgan fingerprint density at radius 2 is 1.19 bits per heavy atom. The molecule has 0 aliphatic heterocycles. The van der Waals surface area contributed by atoms with Crippen LogP contribution in [-0.4, -0.2) is 0 Å². The zero-order valence-electron chi connectivity index (χ0n) is 11.7. The van der Waals surface area contributed by atoms with E-state index in [2.05, 4.69) is 60.6 Å². The summed E-state index contributed by atoms with van der Waals surface area (Å²) in [6.45, 7) is 15.6. The van der Waals surface area contributed by atoms with Gasteiger partial charge < -0.3 is 5.73 Å². The van der Waals surface area contributed by atoms with Crippen molar-refractivity contribution in [2.75, 3.05) is 5.73 Å². The number of rotatable bonds is 0. The summed E-state index contributed by atoms with van der Waals surface area (Å²) in [5.41, 5.74) is 11.2. The van der Waals surface area contributed by atoms with Crippen LogP contribution in [0.1, 0.15) is 58.2 Å². The molecule has 0 saturated heterocycles. The smallest absolute Gasteiger partial charge is 0.0346 e. The maximum atomic E-state index is 6.03. The monoisotopic (exact) mass is 219 g/mol. The highest BCUT2D eigenvalue weighted by atomic mass is 14.6. The third-order valence-corrected chi connectivity index (χ3v) is 3.02. The van der Waals surface area contributed by atoms with Crippen molar-refractivity contribution in [1.82, 2.24) is 0 Å². The Morgan fingerprint density at radius 1 is 0.812 bits per heavy atom. The first-order valence-corrected chi connectivity index (χ1v) is 5.94. The van der Waals surface area contributed by atoms with Crippen molar-refractivity contribution in [2.24, 2.45) is 0 Å². The Hall–Kier alpha value is -0.980. The first kappa shape index (κ1) is 13.1. The second kappa shape index (κ2) is 3.80. The summed E-state index contributed by atoms with van der Waals surface area (Å²) in [7, 11) is 0. The molecule has 2 N–H and O–H groups in total. The average Bonchev–Trinajstić information content (AvgIpc) is 2.05. The third kappa shape index (κ3) is 2.58. The van der Waals surface area contributed by atoms with Crippen LogP contribution in [0.25, 0.3) is 0 Å². The van der Waals surface area contributed by atoms with Crippen LogP contribution in [0.15, 0.2) is 12.1 Å². The first-order valence-electron chi connectivity index (χ1n) is 5.94. The summed E-state index contributed by atoms with van der Waals surface area (Å²) >= 11 is 0. The van der Waals surface area contributed by atoms with E-state index in [1.165, 1.54) is 16.7 Å². The van der Waals surface area contributed by atoms with Crippen LogP contribution in [0.3, 0.4) is 0 Å². The number of hydrogen-bond acceptors (Lipinski definition) is 1. The topological polar surface area (TPSA) is 26.0 Å². The van der Waals surface area contributed by atoms with Gasteiger partial charge in [-0.05, 0) is 40.5 Å². The molecule has 0 aliphatic rings. The highest BCUT2D eigenvalue weighted by molar-refractivity contribution is 5.54. The number of nitrogens with two attached hydrogens (primary N) is 1. The molecule has 0 amide bonds. The lowest BCUT2D eigenvalue weighted by molar-refractivity contribution is 0.530. The maximum absolute atomic E-state index is 6.03. The molecule has 0 fully saturated rings. The van der Waals surface area contributed by atoms with Crippen molar-refractivity contribution in [1.29, 1.82) is 0 Å².